The third-order valence-corrected chi connectivity index (χ3v) is 2.96. The maximum absolute atomic E-state index is 12.1. The number of carbonyl (C=O) groups excluding carboxylic acids is 2. The van der Waals surface area contributed by atoms with E-state index in [0.717, 1.165) is 4.90 Å². The number of hydrogen-bond donors (Lipinski definition) is 0. The molecule has 1 saturated heterocycles. The van der Waals surface area contributed by atoms with E-state index in [1.165, 1.54) is 24.3 Å². The van der Waals surface area contributed by atoms with Gasteiger partial charge in [-0.15, -0.1) is 6.58 Å². The zero-order valence-corrected chi connectivity index (χ0v) is 11.6. The summed E-state index contributed by atoms with van der Waals surface area (Å²) in [6.07, 6.45) is 0.0711. The fraction of sp³-hybridized carbons (Fsp3) is 0.286. The number of anilines is 1. The van der Waals surface area contributed by atoms with E-state index in [9.17, 15) is 19.7 Å². The highest BCUT2D eigenvalue weighted by atomic mass is 16.6. The highest BCUT2D eigenvalue weighted by molar-refractivity contribution is 6.13. The molecule has 0 aliphatic carbocycles. The Kier molecular flexibility index (Phi) is 4.84. The van der Waals surface area contributed by atoms with E-state index in [2.05, 4.69) is 6.58 Å². The van der Waals surface area contributed by atoms with Gasteiger partial charge in [0.1, 0.15) is 6.10 Å². The predicted octanol–water partition coefficient (Wildman–Crippen LogP) is 2.04. The Bertz CT molecular complexity index is 580. The molecule has 0 aromatic heterocycles. The zero-order valence-electron chi connectivity index (χ0n) is 11.6. The summed E-state index contributed by atoms with van der Waals surface area (Å²) >= 11 is 0. The molecule has 8 nitrogen and oxygen atoms in total. The van der Waals surface area contributed by atoms with Crippen molar-refractivity contribution < 1.29 is 24.0 Å². The molecule has 116 valence electrons. The van der Waals surface area contributed by atoms with Gasteiger partial charge < -0.3 is 9.47 Å². The van der Waals surface area contributed by atoms with Crippen LogP contribution in [-0.4, -0.2) is 36.2 Å². The highest BCUT2D eigenvalue weighted by Gasteiger charge is 2.35. The summed E-state index contributed by atoms with van der Waals surface area (Å²) in [5, 5.41) is 10.6. The van der Waals surface area contributed by atoms with Crippen LogP contribution in [0.5, 0.6) is 0 Å². The number of non-ortho nitro benzene ring substituents is 1. The average molecular weight is 306 g/mol. The first-order valence-electron chi connectivity index (χ1n) is 6.49. The molecule has 0 N–H and O–H groups in total. The molecule has 1 atom stereocenters. The number of nitrogens with zero attached hydrogens (tertiary/aromatic N) is 2. The van der Waals surface area contributed by atoms with Crippen molar-refractivity contribution in [2.24, 2.45) is 0 Å². The van der Waals surface area contributed by atoms with Gasteiger partial charge in [0.15, 0.2) is 0 Å². The highest BCUT2D eigenvalue weighted by Crippen LogP contribution is 2.24. The molecular weight excluding hydrogens is 292 g/mol. The van der Waals surface area contributed by atoms with Gasteiger partial charge in [-0.25, -0.2) is 9.69 Å². The van der Waals surface area contributed by atoms with Gasteiger partial charge in [-0.2, -0.15) is 0 Å². The summed E-state index contributed by atoms with van der Waals surface area (Å²) in [7, 11) is 0. The number of imide groups is 1. The Labute approximate surface area is 126 Å². The molecule has 2 rings (SSSR count). The quantitative estimate of drug-likeness (QED) is 0.345. The van der Waals surface area contributed by atoms with Crippen LogP contribution in [-0.2, 0) is 14.3 Å². The Morgan fingerprint density at radius 3 is 2.64 bits per heavy atom. The van der Waals surface area contributed by atoms with E-state index >= 15 is 0 Å². The molecule has 0 bridgehead atoms. The summed E-state index contributed by atoms with van der Waals surface area (Å²) in [5.74, 6) is -0.447. The van der Waals surface area contributed by atoms with Crippen molar-refractivity contribution in [3.63, 3.8) is 0 Å². The van der Waals surface area contributed by atoms with Gasteiger partial charge in [0.2, 0.25) is 5.91 Å². The van der Waals surface area contributed by atoms with Crippen molar-refractivity contribution in [3.8, 4) is 0 Å². The topological polar surface area (TPSA) is 99.0 Å². The number of hydrogen-bond acceptors (Lipinski definition) is 6. The summed E-state index contributed by atoms with van der Waals surface area (Å²) in [5.41, 5.74) is 0.100. The van der Waals surface area contributed by atoms with E-state index < -0.39 is 23.0 Å². The van der Waals surface area contributed by atoms with Crippen LogP contribution in [0.15, 0.2) is 36.9 Å². The maximum atomic E-state index is 12.1. The van der Waals surface area contributed by atoms with Crippen molar-refractivity contribution >= 4 is 23.4 Å². The summed E-state index contributed by atoms with van der Waals surface area (Å²) in [6, 6.07) is 5.09. The second-order valence-corrected chi connectivity index (χ2v) is 4.54. The van der Waals surface area contributed by atoms with Crippen LogP contribution in [0.3, 0.4) is 0 Å². The lowest BCUT2D eigenvalue weighted by molar-refractivity contribution is -0.384. The van der Waals surface area contributed by atoms with Crippen LogP contribution in [0.2, 0.25) is 0 Å². The van der Waals surface area contributed by atoms with Crippen molar-refractivity contribution in [3.05, 3.63) is 47.0 Å². The number of nitro benzene ring substituents is 1. The zero-order chi connectivity index (χ0) is 16.1. The van der Waals surface area contributed by atoms with Gasteiger partial charge in [0.25, 0.3) is 5.69 Å². The molecule has 2 amide bonds. The molecule has 0 saturated carbocycles. The van der Waals surface area contributed by atoms with Gasteiger partial charge in [-0.05, 0) is 12.1 Å². The van der Waals surface area contributed by atoms with Gasteiger partial charge in [-0.1, -0.05) is 6.08 Å². The second-order valence-electron chi connectivity index (χ2n) is 4.54. The number of ether oxygens (including phenoxy) is 2. The standard InChI is InChI=1S/C14H14N2O6/c1-2-7-21-9-12-8-13(17)15(14(18)22-12)10-3-5-11(6-4-10)16(19)20/h2-6,12H,1,7-9H2. The lowest BCUT2D eigenvalue weighted by Crippen LogP contribution is -2.47. The molecule has 0 spiro atoms. The minimum atomic E-state index is -0.822. The fourth-order valence-corrected chi connectivity index (χ4v) is 1.97. The Morgan fingerprint density at radius 2 is 2.09 bits per heavy atom. The molecule has 1 aromatic carbocycles. The van der Waals surface area contributed by atoms with Crippen molar-refractivity contribution in [2.45, 2.75) is 12.5 Å². The van der Waals surface area contributed by atoms with Crippen LogP contribution in [0.1, 0.15) is 6.42 Å². The summed E-state index contributed by atoms with van der Waals surface area (Å²) in [6.45, 7) is 3.90. The summed E-state index contributed by atoms with van der Waals surface area (Å²) < 4.78 is 10.3. The van der Waals surface area contributed by atoms with Gasteiger partial charge >= 0.3 is 6.09 Å². The molecular formula is C14H14N2O6. The smallest absolute Gasteiger partial charge is 0.421 e. The number of nitro groups is 1. The number of amides is 2. The minimum Gasteiger partial charge on any atom is -0.443 e. The molecule has 1 fully saturated rings. The third-order valence-electron chi connectivity index (χ3n) is 2.96. The largest absolute Gasteiger partial charge is 0.443 e. The molecule has 8 heteroatoms. The van der Waals surface area contributed by atoms with E-state index in [4.69, 9.17) is 9.47 Å². The van der Waals surface area contributed by atoms with Crippen LogP contribution < -0.4 is 4.90 Å². The fourth-order valence-electron chi connectivity index (χ4n) is 1.97. The lowest BCUT2D eigenvalue weighted by Gasteiger charge is -2.29. The number of cyclic esters (lactones) is 1. The van der Waals surface area contributed by atoms with E-state index in [1.54, 1.807) is 6.08 Å². The third kappa shape index (κ3) is 3.47. The Balaban J connectivity index is 2.06. The molecule has 1 unspecified atom stereocenters. The van der Waals surface area contributed by atoms with E-state index in [-0.39, 0.29) is 24.4 Å². The first kappa shape index (κ1) is 15.6. The molecule has 22 heavy (non-hydrogen) atoms. The number of benzene rings is 1. The van der Waals surface area contributed by atoms with Crippen LogP contribution in [0.25, 0.3) is 0 Å². The van der Waals surface area contributed by atoms with Crippen molar-refractivity contribution in [1.29, 1.82) is 0 Å². The summed E-state index contributed by atoms with van der Waals surface area (Å²) in [4.78, 5) is 34.9. The van der Waals surface area contributed by atoms with Crippen molar-refractivity contribution in [1.82, 2.24) is 0 Å². The Hall–Kier alpha value is -2.74. The van der Waals surface area contributed by atoms with E-state index in [1.807, 2.05) is 0 Å². The molecule has 1 aliphatic heterocycles. The lowest BCUT2D eigenvalue weighted by atomic mass is 10.2. The average Bonchev–Trinajstić information content (AvgIpc) is 2.47. The minimum absolute atomic E-state index is 0.0140. The predicted molar refractivity (Wildman–Crippen MR) is 76.5 cm³/mol. The van der Waals surface area contributed by atoms with Crippen molar-refractivity contribution in [2.75, 3.05) is 18.1 Å². The van der Waals surface area contributed by atoms with Gasteiger partial charge in [0.05, 0.1) is 30.2 Å². The number of carbonyl (C=O) groups is 2. The van der Waals surface area contributed by atoms with Gasteiger partial charge in [-0.3, -0.25) is 14.9 Å². The van der Waals surface area contributed by atoms with Gasteiger partial charge in [0, 0.05) is 12.1 Å². The SMILES string of the molecule is C=CCOCC1CC(=O)N(c2ccc([N+](=O)[O-])cc2)C(=O)O1. The monoisotopic (exact) mass is 306 g/mol. The molecule has 1 aromatic rings. The Morgan fingerprint density at radius 1 is 1.41 bits per heavy atom. The number of rotatable bonds is 6. The van der Waals surface area contributed by atoms with Crippen LogP contribution >= 0.6 is 0 Å². The molecule has 0 radical (unpaired) electrons. The first-order valence-corrected chi connectivity index (χ1v) is 6.49. The molecule has 1 heterocycles. The van der Waals surface area contributed by atoms with E-state index in [0.29, 0.717) is 6.61 Å². The second kappa shape index (κ2) is 6.81. The molecule has 1 aliphatic rings. The maximum Gasteiger partial charge on any atom is 0.421 e. The van der Waals surface area contributed by atoms with Crippen LogP contribution in [0.4, 0.5) is 16.2 Å². The first-order chi connectivity index (χ1) is 10.5. The normalized spacial score (nSPS) is 18.0. The van der Waals surface area contributed by atoms with Crippen LogP contribution in [0, 0.1) is 10.1 Å².